The Kier molecular flexibility index (Phi) is 4.58. The molecule has 1 amide bonds. The first-order valence-corrected chi connectivity index (χ1v) is 9.38. The molecule has 0 spiro atoms. The van der Waals surface area contributed by atoms with E-state index in [0.717, 1.165) is 29.8 Å². The number of hydrogen-bond acceptors (Lipinski definition) is 4. The fourth-order valence-electron chi connectivity index (χ4n) is 3.95. The summed E-state index contributed by atoms with van der Waals surface area (Å²) in [5, 5.41) is 13.6. The zero-order valence-electron chi connectivity index (χ0n) is 15.9. The van der Waals surface area contributed by atoms with E-state index in [-0.39, 0.29) is 17.4 Å². The number of aromatic nitrogens is 3. The van der Waals surface area contributed by atoms with Crippen LogP contribution in [0.25, 0.3) is 5.65 Å². The Labute approximate surface area is 162 Å². The first kappa shape index (κ1) is 18.2. The molecule has 0 aliphatic carbocycles. The molecule has 1 fully saturated rings. The number of aromatic carboxylic acids is 1. The van der Waals surface area contributed by atoms with E-state index in [0.29, 0.717) is 24.3 Å². The van der Waals surface area contributed by atoms with Crippen LogP contribution in [-0.4, -0.2) is 49.6 Å². The monoisotopic (exact) mass is 378 g/mol. The molecule has 0 saturated carbocycles. The summed E-state index contributed by atoms with van der Waals surface area (Å²) in [5.74, 6) is -0.893. The van der Waals surface area contributed by atoms with Crippen molar-refractivity contribution in [2.24, 2.45) is 0 Å². The first-order valence-electron chi connectivity index (χ1n) is 9.38. The molecule has 7 heteroatoms. The van der Waals surface area contributed by atoms with E-state index in [2.05, 4.69) is 10.1 Å². The molecule has 1 unspecified atom stereocenters. The van der Waals surface area contributed by atoms with Crippen molar-refractivity contribution < 1.29 is 14.7 Å². The van der Waals surface area contributed by atoms with Gasteiger partial charge in [-0.1, -0.05) is 12.1 Å². The number of likely N-dealkylation sites (tertiary alicyclic amines) is 1. The minimum absolute atomic E-state index is 0.0772. The van der Waals surface area contributed by atoms with Gasteiger partial charge in [0.1, 0.15) is 5.56 Å². The van der Waals surface area contributed by atoms with Crippen LogP contribution in [0.15, 0.2) is 36.5 Å². The highest BCUT2D eigenvalue weighted by atomic mass is 16.4. The van der Waals surface area contributed by atoms with Gasteiger partial charge in [0.15, 0.2) is 5.65 Å². The van der Waals surface area contributed by atoms with E-state index >= 15 is 0 Å². The number of rotatable bonds is 3. The molecule has 7 nitrogen and oxygen atoms in total. The third kappa shape index (κ3) is 3.24. The topological polar surface area (TPSA) is 87.8 Å². The number of carbonyl (C=O) groups excluding carboxylic acids is 1. The molecule has 2 aromatic heterocycles. The Morgan fingerprint density at radius 2 is 2.04 bits per heavy atom. The average molecular weight is 378 g/mol. The minimum atomic E-state index is -0.936. The summed E-state index contributed by atoms with van der Waals surface area (Å²) in [4.78, 5) is 30.8. The number of amides is 1. The molecule has 3 aromatic rings. The van der Waals surface area contributed by atoms with Crippen molar-refractivity contribution in [3.8, 4) is 0 Å². The fraction of sp³-hybridized carbons (Fsp3) is 0.333. The standard InChI is InChI=1S/C21H22N4O3/c1-13-9-14(2)25-19(23-13)18(11-22-25)20(26)24-8-4-7-17(12-24)15-5-3-6-16(10-15)21(27)28/h3,5-6,9-11,17H,4,7-8,12H2,1-2H3,(H,27,28). The molecule has 0 radical (unpaired) electrons. The molecule has 144 valence electrons. The number of hydrogen-bond donors (Lipinski definition) is 1. The number of piperidine rings is 1. The van der Waals surface area contributed by atoms with Crippen LogP contribution in [-0.2, 0) is 0 Å². The van der Waals surface area contributed by atoms with Gasteiger partial charge in [0, 0.05) is 30.4 Å². The zero-order valence-corrected chi connectivity index (χ0v) is 15.9. The highest BCUT2D eigenvalue weighted by molar-refractivity contribution is 5.99. The second-order valence-corrected chi connectivity index (χ2v) is 7.35. The summed E-state index contributed by atoms with van der Waals surface area (Å²) >= 11 is 0. The molecule has 28 heavy (non-hydrogen) atoms. The highest BCUT2D eigenvalue weighted by Gasteiger charge is 2.28. The molecule has 1 aliphatic heterocycles. The lowest BCUT2D eigenvalue weighted by Gasteiger charge is -2.33. The lowest BCUT2D eigenvalue weighted by Crippen LogP contribution is -2.39. The Bertz CT molecular complexity index is 1070. The second-order valence-electron chi connectivity index (χ2n) is 7.35. The fourth-order valence-corrected chi connectivity index (χ4v) is 3.95. The predicted molar refractivity (Wildman–Crippen MR) is 104 cm³/mol. The normalized spacial score (nSPS) is 17.1. The van der Waals surface area contributed by atoms with E-state index in [9.17, 15) is 14.7 Å². The number of carboxylic acid groups (broad SMARTS) is 1. The molecule has 1 aromatic carbocycles. The summed E-state index contributed by atoms with van der Waals surface area (Å²) < 4.78 is 1.69. The SMILES string of the molecule is Cc1cc(C)n2ncc(C(=O)N3CCCC(c4cccc(C(=O)O)c4)C3)c2n1. The van der Waals surface area contributed by atoms with Gasteiger partial charge in [0.25, 0.3) is 5.91 Å². The van der Waals surface area contributed by atoms with E-state index in [1.165, 1.54) is 0 Å². The smallest absolute Gasteiger partial charge is 0.335 e. The molecule has 1 aliphatic rings. The molecule has 0 bridgehead atoms. The maximum absolute atomic E-state index is 13.2. The van der Waals surface area contributed by atoms with Gasteiger partial charge in [-0.2, -0.15) is 5.10 Å². The van der Waals surface area contributed by atoms with Crippen LogP contribution in [0.2, 0.25) is 0 Å². The van der Waals surface area contributed by atoms with E-state index in [4.69, 9.17) is 0 Å². The predicted octanol–water partition coefficient (Wildman–Crippen LogP) is 3.06. The molecule has 1 saturated heterocycles. The van der Waals surface area contributed by atoms with Gasteiger partial charge in [-0.25, -0.2) is 14.3 Å². The number of fused-ring (bicyclic) bond motifs is 1. The zero-order chi connectivity index (χ0) is 19.8. The highest BCUT2D eigenvalue weighted by Crippen LogP contribution is 2.29. The summed E-state index contributed by atoms with van der Waals surface area (Å²) in [6.45, 7) is 5.08. The van der Waals surface area contributed by atoms with Crippen molar-refractivity contribution in [1.82, 2.24) is 19.5 Å². The summed E-state index contributed by atoms with van der Waals surface area (Å²) in [6, 6.07) is 8.94. The average Bonchev–Trinajstić information content (AvgIpc) is 3.11. The van der Waals surface area contributed by atoms with Gasteiger partial charge in [-0.15, -0.1) is 0 Å². The van der Waals surface area contributed by atoms with Gasteiger partial charge in [0.2, 0.25) is 0 Å². The maximum Gasteiger partial charge on any atom is 0.335 e. The lowest BCUT2D eigenvalue weighted by atomic mass is 9.89. The van der Waals surface area contributed by atoms with Crippen molar-refractivity contribution in [3.05, 3.63) is 64.6 Å². The Morgan fingerprint density at radius 1 is 1.21 bits per heavy atom. The third-order valence-electron chi connectivity index (χ3n) is 5.32. The van der Waals surface area contributed by atoms with Crippen LogP contribution in [0.5, 0.6) is 0 Å². The Balaban J connectivity index is 1.61. The molecular weight excluding hydrogens is 356 g/mol. The molecule has 1 atom stereocenters. The number of nitrogens with zero attached hydrogens (tertiary/aromatic N) is 4. The van der Waals surface area contributed by atoms with Crippen molar-refractivity contribution in [3.63, 3.8) is 0 Å². The summed E-state index contributed by atoms with van der Waals surface area (Å²) in [5.41, 5.74) is 4.11. The second kappa shape index (κ2) is 7.07. The minimum Gasteiger partial charge on any atom is -0.478 e. The molecule has 4 rings (SSSR count). The van der Waals surface area contributed by atoms with Gasteiger partial charge in [-0.3, -0.25) is 4.79 Å². The van der Waals surface area contributed by atoms with Gasteiger partial charge >= 0.3 is 5.97 Å². The maximum atomic E-state index is 13.2. The van der Waals surface area contributed by atoms with Crippen LogP contribution in [0.1, 0.15) is 56.4 Å². The van der Waals surface area contributed by atoms with Gasteiger partial charge < -0.3 is 10.0 Å². The summed E-state index contributed by atoms with van der Waals surface area (Å²) in [6.07, 6.45) is 3.39. The van der Waals surface area contributed by atoms with Crippen LogP contribution in [0.4, 0.5) is 0 Å². The van der Waals surface area contributed by atoms with E-state index < -0.39 is 5.97 Å². The summed E-state index contributed by atoms with van der Waals surface area (Å²) in [7, 11) is 0. The Morgan fingerprint density at radius 3 is 2.82 bits per heavy atom. The van der Waals surface area contributed by atoms with Crippen LogP contribution >= 0.6 is 0 Å². The van der Waals surface area contributed by atoms with Gasteiger partial charge in [0.05, 0.1) is 11.8 Å². The van der Waals surface area contributed by atoms with Crippen molar-refractivity contribution in [2.45, 2.75) is 32.6 Å². The molecular formula is C21H22N4O3. The number of carboxylic acids is 1. The largest absolute Gasteiger partial charge is 0.478 e. The number of carbonyl (C=O) groups is 2. The van der Waals surface area contributed by atoms with E-state index in [1.54, 1.807) is 28.9 Å². The van der Waals surface area contributed by atoms with Crippen molar-refractivity contribution in [1.29, 1.82) is 0 Å². The molecule has 3 heterocycles. The van der Waals surface area contributed by atoms with Crippen LogP contribution in [0.3, 0.4) is 0 Å². The Hall–Kier alpha value is -3.22. The lowest BCUT2D eigenvalue weighted by molar-refractivity contribution is 0.0688. The molecule has 1 N–H and O–H groups in total. The quantitative estimate of drug-likeness (QED) is 0.757. The first-order chi connectivity index (χ1) is 13.4. The van der Waals surface area contributed by atoms with Crippen molar-refractivity contribution in [2.75, 3.05) is 13.1 Å². The van der Waals surface area contributed by atoms with Crippen LogP contribution in [0, 0.1) is 13.8 Å². The number of benzene rings is 1. The third-order valence-corrected chi connectivity index (χ3v) is 5.32. The van der Waals surface area contributed by atoms with Gasteiger partial charge in [-0.05, 0) is 50.5 Å². The van der Waals surface area contributed by atoms with E-state index in [1.807, 2.05) is 30.9 Å². The van der Waals surface area contributed by atoms with Crippen LogP contribution < -0.4 is 0 Å². The van der Waals surface area contributed by atoms with Crippen molar-refractivity contribution >= 4 is 17.5 Å². The number of aryl methyl sites for hydroxylation is 2.